The minimum absolute atomic E-state index is 0.153. The molecule has 0 spiro atoms. The number of fused-ring (bicyclic) bond motifs is 1. The quantitative estimate of drug-likeness (QED) is 0.676. The summed E-state index contributed by atoms with van der Waals surface area (Å²) in [6.45, 7) is 3.45. The molecule has 7 nitrogen and oxygen atoms in total. The van der Waals surface area contributed by atoms with Gasteiger partial charge in [-0.2, -0.15) is 5.10 Å². The van der Waals surface area contributed by atoms with Crippen molar-refractivity contribution in [2.45, 2.75) is 26.4 Å². The van der Waals surface area contributed by atoms with Crippen molar-refractivity contribution in [1.82, 2.24) is 10.2 Å². The Bertz CT molecular complexity index is 1040. The molecule has 0 radical (unpaired) electrons. The highest BCUT2D eigenvalue weighted by atomic mass is 16.5. The average Bonchev–Trinajstić information content (AvgIpc) is 2.66. The fraction of sp³-hybridized carbons (Fsp3) is 0.200. The summed E-state index contributed by atoms with van der Waals surface area (Å²) in [7, 11) is 0. The predicted octanol–water partition coefficient (Wildman–Crippen LogP) is 2.34. The normalized spacial score (nSPS) is 11.8. The van der Waals surface area contributed by atoms with Crippen LogP contribution in [0.2, 0.25) is 0 Å². The summed E-state index contributed by atoms with van der Waals surface area (Å²) in [6, 6.07) is 14.2. The second kappa shape index (κ2) is 7.82. The van der Waals surface area contributed by atoms with Gasteiger partial charge in [0, 0.05) is 11.1 Å². The van der Waals surface area contributed by atoms with Crippen molar-refractivity contribution < 1.29 is 14.3 Å². The molecule has 1 heterocycles. The maximum absolute atomic E-state index is 12.2. The summed E-state index contributed by atoms with van der Waals surface area (Å²) in [4.78, 5) is 36.2. The largest absolute Gasteiger partial charge is 0.452 e. The van der Waals surface area contributed by atoms with Crippen molar-refractivity contribution in [3.63, 3.8) is 0 Å². The number of anilines is 1. The number of hydrogen-bond acceptors (Lipinski definition) is 5. The summed E-state index contributed by atoms with van der Waals surface area (Å²) < 4.78 is 5.21. The molecule has 27 heavy (non-hydrogen) atoms. The molecule has 0 aliphatic heterocycles. The van der Waals surface area contributed by atoms with E-state index < -0.39 is 18.0 Å². The van der Waals surface area contributed by atoms with Crippen LogP contribution >= 0.6 is 0 Å². The van der Waals surface area contributed by atoms with Crippen LogP contribution in [-0.2, 0) is 20.7 Å². The van der Waals surface area contributed by atoms with Gasteiger partial charge in [0.25, 0.3) is 11.5 Å². The Morgan fingerprint density at radius 1 is 1.11 bits per heavy atom. The zero-order valence-corrected chi connectivity index (χ0v) is 15.0. The molecule has 7 heteroatoms. The van der Waals surface area contributed by atoms with Gasteiger partial charge in [-0.3, -0.25) is 14.4 Å². The number of esters is 1. The monoisotopic (exact) mass is 365 g/mol. The van der Waals surface area contributed by atoms with Crippen molar-refractivity contribution in [2.75, 3.05) is 5.32 Å². The number of nitrogens with one attached hydrogen (secondary N) is 2. The highest BCUT2D eigenvalue weighted by Gasteiger charge is 2.19. The number of rotatable bonds is 5. The summed E-state index contributed by atoms with van der Waals surface area (Å²) in [6.07, 6.45) is -1.12. The lowest BCUT2D eigenvalue weighted by atomic mass is 10.1. The molecule has 0 unspecified atom stereocenters. The fourth-order valence-electron chi connectivity index (χ4n) is 2.62. The Morgan fingerprint density at radius 3 is 2.48 bits per heavy atom. The molecule has 1 atom stereocenters. The Kier molecular flexibility index (Phi) is 5.30. The standard InChI is InChI=1S/C20H19N3O4/c1-12-7-9-14(10-8-12)21-19(25)13(2)27-18(24)11-17-15-5-3-4-6-16(15)20(26)23-22-17/h3-10,13H,11H2,1-2H3,(H,21,25)(H,23,26)/t13-/m0/s1. The summed E-state index contributed by atoms with van der Waals surface area (Å²) >= 11 is 0. The fourth-order valence-corrected chi connectivity index (χ4v) is 2.62. The second-order valence-electron chi connectivity index (χ2n) is 6.21. The van der Waals surface area contributed by atoms with Gasteiger partial charge in [-0.25, -0.2) is 5.10 Å². The molecule has 3 rings (SSSR count). The van der Waals surface area contributed by atoms with Gasteiger partial charge < -0.3 is 10.1 Å². The lowest BCUT2D eigenvalue weighted by molar-refractivity contribution is -0.152. The second-order valence-corrected chi connectivity index (χ2v) is 6.21. The summed E-state index contributed by atoms with van der Waals surface area (Å²) in [5.74, 6) is -1.03. The Hall–Kier alpha value is -3.48. The van der Waals surface area contributed by atoms with Gasteiger partial charge in [-0.1, -0.05) is 35.9 Å². The van der Waals surface area contributed by atoms with Gasteiger partial charge in [0.15, 0.2) is 6.10 Å². The first-order valence-corrected chi connectivity index (χ1v) is 8.47. The first-order chi connectivity index (χ1) is 12.9. The maximum atomic E-state index is 12.2. The number of amides is 1. The van der Waals surface area contributed by atoms with Crippen LogP contribution in [0, 0.1) is 6.92 Å². The molecule has 0 saturated carbocycles. The van der Waals surface area contributed by atoms with E-state index in [2.05, 4.69) is 15.5 Å². The van der Waals surface area contributed by atoms with Gasteiger partial charge in [-0.05, 0) is 32.0 Å². The third-order valence-electron chi connectivity index (χ3n) is 4.08. The summed E-state index contributed by atoms with van der Waals surface area (Å²) in [5, 5.41) is 10.0. The first-order valence-electron chi connectivity index (χ1n) is 8.47. The van der Waals surface area contributed by atoms with E-state index in [1.54, 1.807) is 36.4 Å². The molecule has 3 aromatic rings. The van der Waals surface area contributed by atoms with Crippen LogP contribution < -0.4 is 10.9 Å². The molecular weight excluding hydrogens is 346 g/mol. The van der Waals surface area contributed by atoms with Gasteiger partial charge >= 0.3 is 5.97 Å². The number of carbonyl (C=O) groups is 2. The molecule has 0 fully saturated rings. The number of carbonyl (C=O) groups excluding carboxylic acids is 2. The number of ether oxygens (including phenoxy) is 1. The first kappa shape index (κ1) is 18.3. The van der Waals surface area contributed by atoms with Crippen molar-refractivity contribution >= 4 is 28.3 Å². The number of H-pyrrole nitrogens is 1. The predicted molar refractivity (Wildman–Crippen MR) is 101 cm³/mol. The van der Waals surface area contributed by atoms with E-state index in [0.717, 1.165) is 5.56 Å². The van der Waals surface area contributed by atoms with Crippen LogP contribution in [0.4, 0.5) is 5.69 Å². The number of hydrogen-bond donors (Lipinski definition) is 2. The Balaban J connectivity index is 1.65. The molecule has 2 aromatic carbocycles. The van der Waals surface area contributed by atoms with Crippen LogP contribution in [0.1, 0.15) is 18.2 Å². The van der Waals surface area contributed by atoms with Crippen LogP contribution in [0.25, 0.3) is 10.8 Å². The van der Waals surface area contributed by atoms with Crippen molar-refractivity contribution in [3.05, 3.63) is 70.1 Å². The molecule has 138 valence electrons. The van der Waals surface area contributed by atoms with Gasteiger partial charge in [-0.15, -0.1) is 0 Å². The molecular formula is C20H19N3O4. The van der Waals surface area contributed by atoms with Crippen LogP contribution in [0.3, 0.4) is 0 Å². The molecule has 1 aromatic heterocycles. The van der Waals surface area contributed by atoms with E-state index in [0.29, 0.717) is 22.2 Å². The molecule has 0 bridgehead atoms. The van der Waals surface area contributed by atoms with E-state index in [1.807, 2.05) is 19.1 Å². The van der Waals surface area contributed by atoms with Gasteiger partial charge in [0.1, 0.15) is 0 Å². The topological polar surface area (TPSA) is 101 Å². The lowest BCUT2D eigenvalue weighted by Crippen LogP contribution is -2.30. The Morgan fingerprint density at radius 2 is 1.78 bits per heavy atom. The molecule has 0 aliphatic carbocycles. The molecule has 1 amide bonds. The highest BCUT2D eigenvalue weighted by Crippen LogP contribution is 2.14. The minimum Gasteiger partial charge on any atom is -0.452 e. The molecule has 0 aliphatic rings. The van der Waals surface area contributed by atoms with Gasteiger partial charge in [0.05, 0.1) is 17.5 Å². The van der Waals surface area contributed by atoms with Crippen molar-refractivity contribution in [1.29, 1.82) is 0 Å². The van der Waals surface area contributed by atoms with Crippen molar-refractivity contribution in [3.8, 4) is 0 Å². The number of aryl methyl sites for hydroxylation is 1. The van der Waals surface area contributed by atoms with Crippen LogP contribution in [0.5, 0.6) is 0 Å². The third kappa shape index (κ3) is 4.38. The zero-order valence-electron chi connectivity index (χ0n) is 15.0. The van der Waals surface area contributed by atoms with Crippen LogP contribution in [-0.4, -0.2) is 28.2 Å². The van der Waals surface area contributed by atoms with E-state index >= 15 is 0 Å². The Labute approximate surface area is 155 Å². The molecule has 2 N–H and O–H groups in total. The highest BCUT2D eigenvalue weighted by molar-refractivity contribution is 5.95. The van der Waals surface area contributed by atoms with E-state index in [-0.39, 0.29) is 12.0 Å². The summed E-state index contributed by atoms with van der Waals surface area (Å²) in [5.41, 5.74) is 1.77. The molecule has 0 saturated heterocycles. The number of aromatic amines is 1. The maximum Gasteiger partial charge on any atom is 0.312 e. The number of benzene rings is 2. The minimum atomic E-state index is -0.965. The lowest BCUT2D eigenvalue weighted by Gasteiger charge is -2.14. The third-order valence-corrected chi connectivity index (χ3v) is 4.08. The number of aromatic nitrogens is 2. The van der Waals surface area contributed by atoms with E-state index in [4.69, 9.17) is 4.74 Å². The SMILES string of the molecule is Cc1ccc(NC(=O)[C@H](C)OC(=O)Cc2n[nH]c(=O)c3ccccc23)cc1. The van der Waals surface area contributed by atoms with Crippen LogP contribution in [0.15, 0.2) is 53.3 Å². The van der Waals surface area contributed by atoms with Crippen molar-refractivity contribution in [2.24, 2.45) is 0 Å². The average molecular weight is 365 g/mol. The van der Waals surface area contributed by atoms with E-state index in [1.165, 1.54) is 6.92 Å². The van der Waals surface area contributed by atoms with E-state index in [9.17, 15) is 14.4 Å². The van der Waals surface area contributed by atoms with Gasteiger partial charge in [0.2, 0.25) is 0 Å². The smallest absolute Gasteiger partial charge is 0.312 e. The zero-order chi connectivity index (χ0) is 19.4. The number of nitrogens with zero attached hydrogens (tertiary/aromatic N) is 1.